The van der Waals surface area contributed by atoms with Crippen molar-refractivity contribution < 1.29 is 14.2 Å². The Labute approximate surface area is 268 Å². The summed E-state index contributed by atoms with van der Waals surface area (Å²) in [4.78, 5) is 9.97. The van der Waals surface area contributed by atoms with Crippen molar-refractivity contribution in [3.8, 4) is 34.4 Å². The van der Waals surface area contributed by atoms with Crippen LogP contribution in [0.3, 0.4) is 0 Å². The molecule has 4 aromatic rings. The Balaban J connectivity index is 1.66. The van der Waals surface area contributed by atoms with Gasteiger partial charge in [-0.3, -0.25) is 0 Å². The van der Waals surface area contributed by atoms with Crippen LogP contribution in [0.5, 0.6) is 23.0 Å². The maximum Gasteiger partial charge on any atom is 0.150 e. The molecule has 0 spiro atoms. The van der Waals surface area contributed by atoms with Crippen LogP contribution in [0.2, 0.25) is 5.02 Å². The van der Waals surface area contributed by atoms with Gasteiger partial charge in [-0.05, 0) is 81.5 Å². The van der Waals surface area contributed by atoms with Crippen LogP contribution in [0.15, 0.2) is 60.7 Å². The maximum absolute atomic E-state index is 6.44. The quantitative estimate of drug-likeness (QED) is 0.0977. The Bertz CT molecular complexity index is 1430. The lowest BCUT2D eigenvalue weighted by atomic mass is 10.2. The van der Waals surface area contributed by atoms with Gasteiger partial charge in [0.05, 0.1) is 12.1 Å². The van der Waals surface area contributed by atoms with Gasteiger partial charge < -0.3 is 28.6 Å². The number of hydrogen-bond donors (Lipinski definition) is 0. The van der Waals surface area contributed by atoms with E-state index in [1.807, 2.05) is 42.5 Å². The van der Waals surface area contributed by atoms with E-state index in [1.165, 1.54) is 0 Å². The Morgan fingerprint density at radius 1 is 0.727 bits per heavy atom. The summed E-state index contributed by atoms with van der Waals surface area (Å²) >= 11 is 6.15. The van der Waals surface area contributed by atoms with E-state index in [1.54, 1.807) is 0 Å². The van der Waals surface area contributed by atoms with Gasteiger partial charge in [-0.2, -0.15) is 0 Å². The van der Waals surface area contributed by atoms with Crippen LogP contribution in [0.1, 0.15) is 53.9 Å². The predicted molar refractivity (Wildman–Crippen MR) is 183 cm³/mol. The lowest BCUT2D eigenvalue weighted by Crippen LogP contribution is -2.27. The van der Waals surface area contributed by atoms with E-state index in [4.69, 9.17) is 30.8 Å². The molecule has 0 fully saturated rings. The number of nitrogens with zero attached hydrogens (tertiary/aromatic N) is 4. The van der Waals surface area contributed by atoms with Gasteiger partial charge in [0, 0.05) is 42.4 Å². The van der Waals surface area contributed by atoms with Gasteiger partial charge >= 0.3 is 0 Å². The normalized spacial score (nSPS) is 11.5. The molecule has 0 aliphatic rings. The number of unbranched alkanes of at least 4 members (excludes halogenated alkanes) is 1. The number of likely N-dealkylation sites (N-methyl/N-ethyl adjacent to an activating group) is 1. The molecule has 7 nitrogen and oxygen atoms in total. The second-order valence-electron chi connectivity index (χ2n) is 10.9. The van der Waals surface area contributed by atoms with Gasteiger partial charge in [0.15, 0.2) is 5.75 Å². The van der Waals surface area contributed by atoms with Gasteiger partial charge in [0.1, 0.15) is 35.2 Å². The third-order valence-electron chi connectivity index (χ3n) is 8.01. The van der Waals surface area contributed by atoms with E-state index in [0.717, 1.165) is 105 Å². The molecule has 0 unspecified atom stereocenters. The van der Waals surface area contributed by atoms with Crippen LogP contribution in [-0.4, -0.2) is 71.8 Å². The van der Waals surface area contributed by atoms with Gasteiger partial charge in [-0.1, -0.05) is 58.7 Å². The monoisotopic (exact) mass is 620 g/mol. The zero-order chi connectivity index (χ0) is 31.3. The molecule has 4 rings (SSSR count). The molecule has 0 aliphatic carbocycles. The number of aryl methyl sites for hydroxylation is 1. The van der Waals surface area contributed by atoms with Gasteiger partial charge in [-0.25, -0.2) is 4.98 Å². The summed E-state index contributed by atoms with van der Waals surface area (Å²) in [5.74, 6) is 3.95. The second-order valence-corrected chi connectivity index (χ2v) is 11.4. The molecule has 1 heterocycles. The first-order valence-corrected chi connectivity index (χ1v) is 16.7. The molecule has 0 radical (unpaired) electrons. The molecule has 0 N–H and O–H groups in total. The third-order valence-corrected chi connectivity index (χ3v) is 8.25. The number of fused-ring (bicyclic) bond motifs is 1. The fraction of sp³-hybridized carbons (Fsp3) is 0.472. The first kappa shape index (κ1) is 33.6. The van der Waals surface area contributed by atoms with E-state index in [-0.39, 0.29) is 0 Å². The molecule has 0 atom stereocenters. The fourth-order valence-corrected chi connectivity index (χ4v) is 5.48. The lowest BCUT2D eigenvalue weighted by Gasteiger charge is -2.19. The number of benzene rings is 3. The van der Waals surface area contributed by atoms with Crippen molar-refractivity contribution in [1.29, 1.82) is 0 Å². The minimum Gasteiger partial charge on any atom is -0.493 e. The minimum atomic E-state index is 0.592. The van der Waals surface area contributed by atoms with Crippen molar-refractivity contribution in [2.24, 2.45) is 0 Å². The average molecular weight is 621 g/mol. The van der Waals surface area contributed by atoms with Crippen molar-refractivity contribution in [2.75, 3.05) is 52.5 Å². The lowest BCUT2D eigenvalue weighted by molar-refractivity contribution is 0.222. The number of imidazole rings is 1. The van der Waals surface area contributed by atoms with Crippen molar-refractivity contribution in [1.82, 2.24) is 19.4 Å². The first-order valence-electron chi connectivity index (χ1n) is 16.3. The number of ether oxygens (including phenoxy) is 3. The van der Waals surface area contributed by atoms with Crippen molar-refractivity contribution in [3.63, 3.8) is 0 Å². The summed E-state index contributed by atoms with van der Waals surface area (Å²) < 4.78 is 21.1. The molecule has 0 aliphatic heterocycles. The summed E-state index contributed by atoms with van der Waals surface area (Å²) in [7, 11) is 0. The molecule has 3 aromatic carbocycles. The molecule has 0 saturated heterocycles. The Hall–Kier alpha value is -3.26. The standard InChI is InChI=1S/C36H49ClN4O3/c1-6-11-21-41-33-26-32(42-23-13-20-39(7-2)8-3)27-34(43-24-22-40(9-4)10-5)35(33)38-36(41)28-16-18-30(19-17-28)44-31-15-12-14-29(37)25-31/h12,14-19,25-27H,6-11,13,20-24H2,1-5H3. The first-order chi connectivity index (χ1) is 21.5. The van der Waals surface area contributed by atoms with Crippen LogP contribution in [0.4, 0.5) is 0 Å². The highest BCUT2D eigenvalue weighted by atomic mass is 35.5. The highest BCUT2D eigenvalue weighted by Crippen LogP contribution is 2.36. The van der Waals surface area contributed by atoms with Gasteiger partial charge in [0.2, 0.25) is 0 Å². The van der Waals surface area contributed by atoms with Crippen molar-refractivity contribution >= 4 is 22.6 Å². The molecular formula is C36H49ClN4O3. The van der Waals surface area contributed by atoms with E-state index in [2.05, 4.69) is 67.2 Å². The fourth-order valence-electron chi connectivity index (χ4n) is 5.30. The van der Waals surface area contributed by atoms with Crippen LogP contribution in [0, 0.1) is 0 Å². The minimum absolute atomic E-state index is 0.592. The molecule has 0 amide bonds. The van der Waals surface area contributed by atoms with Gasteiger partial charge in [0.25, 0.3) is 0 Å². The molecular weight excluding hydrogens is 572 g/mol. The largest absolute Gasteiger partial charge is 0.493 e. The second kappa shape index (κ2) is 17.3. The Morgan fingerprint density at radius 3 is 2.14 bits per heavy atom. The average Bonchev–Trinajstić information content (AvgIpc) is 3.41. The molecule has 44 heavy (non-hydrogen) atoms. The van der Waals surface area contributed by atoms with E-state index in [0.29, 0.717) is 24.0 Å². The summed E-state index contributed by atoms with van der Waals surface area (Å²) in [6.07, 6.45) is 3.10. The predicted octanol–water partition coefficient (Wildman–Crippen LogP) is 8.78. The topological polar surface area (TPSA) is 52.0 Å². The summed E-state index contributed by atoms with van der Waals surface area (Å²) in [5, 5.41) is 0.645. The number of hydrogen-bond acceptors (Lipinski definition) is 6. The molecule has 0 saturated carbocycles. The van der Waals surface area contributed by atoms with Crippen LogP contribution >= 0.6 is 11.6 Å². The van der Waals surface area contributed by atoms with Gasteiger partial charge in [-0.15, -0.1) is 0 Å². The molecule has 8 heteroatoms. The summed E-state index contributed by atoms with van der Waals surface area (Å²) in [6, 6.07) is 19.7. The highest BCUT2D eigenvalue weighted by molar-refractivity contribution is 6.30. The van der Waals surface area contributed by atoms with E-state index >= 15 is 0 Å². The number of halogens is 1. The van der Waals surface area contributed by atoms with E-state index < -0.39 is 0 Å². The Kier molecular flexibility index (Phi) is 13.2. The zero-order valence-corrected chi connectivity index (χ0v) is 27.9. The molecule has 0 bridgehead atoms. The molecule has 238 valence electrons. The third kappa shape index (κ3) is 9.13. The smallest absolute Gasteiger partial charge is 0.150 e. The van der Waals surface area contributed by atoms with E-state index in [9.17, 15) is 0 Å². The zero-order valence-electron chi connectivity index (χ0n) is 27.2. The Morgan fingerprint density at radius 2 is 1.45 bits per heavy atom. The maximum atomic E-state index is 6.44. The number of rotatable bonds is 19. The van der Waals surface area contributed by atoms with Crippen LogP contribution < -0.4 is 14.2 Å². The summed E-state index contributed by atoms with van der Waals surface area (Å²) in [5.41, 5.74) is 2.92. The SMILES string of the molecule is CCCCn1c(-c2ccc(Oc3cccc(Cl)c3)cc2)nc2c(OCCN(CC)CC)cc(OCCCN(CC)CC)cc21. The van der Waals surface area contributed by atoms with Crippen LogP contribution in [-0.2, 0) is 6.54 Å². The van der Waals surface area contributed by atoms with Crippen molar-refractivity contribution in [3.05, 3.63) is 65.7 Å². The number of aromatic nitrogens is 2. The van der Waals surface area contributed by atoms with Crippen molar-refractivity contribution in [2.45, 2.75) is 60.4 Å². The highest BCUT2D eigenvalue weighted by Gasteiger charge is 2.19. The van der Waals surface area contributed by atoms with Crippen LogP contribution in [0.25, 0.3) is 22.4 Å². The molecule has 1 aromatic heterocycles. The summed E-state index contributed by atoms with van der Waals surface area (Å²) in [6.45, 7) is 19.1.